The summed E-state index contributed by atoms with van der Waals surface area (Å²) in [5, 5.41) is 2.48. The van der Waals surface area contributed by atoms with Crippen LogP contribution < -0.4 is 5.32 Å². The van der Waals surface area contributed by atoms with Crippen LogP contribution in [0, 0.1) is 5.41 Å². The largest absolute Gasteiger partial charge is 0.447 e. The van der Waals surface area contributed by atoms with Crippen molar-refractivity contribution in [2.75, 3.05) is 18.9 Å². The van der Waals surface area contributed by atoms with Gasteiger partial charge in [0.1, 0.15) is 0 Å². The second kappa shape index (κ2) is 7.69. The van der Waals surface area contributed by atoms with E-state index < -0.39 is 39.2 Å². The average molecular weight is 379 g/mol. The molecular formula is C15H25NO8S. The van der Waals surface area contributed by atoms with E-state index >= 15 is 0 Å². The second-order valence-electron chi connectivity index (χ2n) is 7.07. The number of cyclic esters (lactones) is 2. The Labute approximate surface area is 147 Å². The summed E-state index contributed by atoms with van der Waals surface area (Å²) >= 11 is 0. The first kappa shape index (κ1) is 21.4. The van der Waals surface area contributed by atoms with Crippen LogP contribution in [-0.2, 0) is 38.2 Å². The van der Waals surface area contributed by atoms with Crippen LogP contribution in [0.1, 0.15) is 41.0 Å². The van der Waals surface area contributed by atoms with Gasteiger partial charge in [-0.2, -0.15) is 8.42 Å². The summed E-state index contributed by atoms with van der Waals surface area (Å²) in [4.78, 5) is 34.6. The molecule has 0 bridgehead atoms. The molecule has 0 aromatic rings. The zero-order valence-corrected chi connectivity index (χ0v) is 15.9. The summed E-state index contributed by atoms with van der Waals surface area (Å²) in [5.41, 5.74) is -2.48. The Bertz CT molecular complexity index is 638. The monoisotopic (exact) mass is 379 g/mol. The third-order valence-electron chi connectivity index (χ3n) is 3.55. The summed E-state index contributed by atoms with van der Waals surface area (Å²) in [6.07, 6.45) is -1.07. The molecule has 1 saturated heterocycles. The van der Waals surface area contributed by atoms with Gasteiger partial charge in [-0.3, -0.25) is 8.98 Å². The lowest BCUT2D eigenvalue weighted by atomic mass is 9.86. The predicted octanol–water partition coefficient (Wildman–Crippen LogP) is 0.132. The zero-order valence-electron chi connectivity index (χ0n) is 15.1. The molecular weight excluding hydrogens is 354 g/mol. The minimum atomic E-state index is -3.85. The number of carbonyl (C=O) groups is 3. The molecule has 1 fully saturated rings. The van der Waals surface area contributed by atoms with Crippen molar-refractivity contribution in [1.29, 1.82) is 0 Å². The SMILES string of the molecule is CC(=O)NCCCS(=O)(=O)OCC(C)(C)[C@H]1OC(=O)C(C)(C)OC1=O. The normalized spacial score (nSPS) is 20.6. The van der Waals surface area contributed by atoms with E-state index in [4.69, 9.17) is 13.7 Å². The minimum Gasteiger partial charge on any atom is -0.447 e. The molecule has 1 rings (SSSR count). The number of amides is 1. The average Bonchev–Trinajstić information content (AvgIpc) is 2.45. The Morgan fingerprint density at radius 1 is 1.32 bits per heavy atom. The molecule has 0 aromatic carbocycles. The Kier molecular flexibility index (Phi) is 6.57. The topological polar surface area (TPSA) is 125 Å². The highest BCUT2D eigenvalue weighted by Gasteiger charge is 2.50. The number of carbonyl (C=O) groups excluding carboxylic acids is 3. The number of nitrogens with one attached hydrogen (secondary N) is 1. The van der Waals surface area contributed by atoms with Crippen LogP contribution in [0.2, 0.25) is 0 Å². The van der Waals surface area contributed by atoms with E-state index in [1.165, 1.54) is 34.6 Å². The molecule has 1 aliphatic heterocycles. The lowest BCUT2D eigenvalue weighted by molar-refractivity contribution is -0.216. The van der Waals surface area contributed by atoms with Crippen LogP contribution in [0.15, 0.2) is 0 Å². The van der Waals surface area contributed by atoms with Gasteiger partial charge < -0.3 is 14.8 Å². The van der Waals surface area contributed by atoms with Crippen molar-refractivity contribution in [2.45, 2.75) is 52.7 Å². The first-order chi connectivity index (χ1) is 11.3. The summed E-state index contributed by atoms with van der Waals surface area (Å²) in [7, 11) is -3.85. The van der Waals surface area contributed by atoms with E-state index in [1.54, 1.807) is 0 Å². The molecule has 0 aromatic heterocycles. The highest BCUT2D eigenvalue weighted by atomic mass is 32.2. The molecule has 1 N–H and O–H groups in total. The van der Waals surface area contributed by atoms with Gasteiger partial charge in [-0.1, -0.05) is 13.8 Å². The fourth-order valence-corrected chi connectivity index (χ4v) is 3.11. The summed E-state index contributed by atoms with van der Waals surface area (Å²) in [6, 6.07) is 0. The van der Waals surface area contributed by atoms with Crippen LogP contribution >= 0.6 is 0 Å². The fourth-order valence-electron chi connectivity index (χ4n) is 2.01. The number of hydrogen-bond donors (Lipinski definition) is 1. The third-order valence-corrected chi connectivity index (χ3v) is 4.82. The number of ether oxygens (including phenoxy) is 2. The summed E-state index contributed by atoms with van der Waals surface area (Å²) in [6.45, 7) is 7.08. The van der Waals surface area contributed by atoms with E-state index in [0.29, 0.717) is 0 Å². The Hall–Kier alpha value is -1.68. The van der Waals surface area contributed by atoms with Crippen molar-refractivity contribution >= 4 is 28.0 Å². The molecule has 1 atom stereocenters. The second-order valence-corrected chi connectivity index (χ2v) is 8.83. The van der Waals surface area contributed by atoms with Gasteiger partial charge in [-0.05, 0) is 20.3 Å². The fraction of sp³-hybridized carbons (Fsp3) is 0.800. The van der Waals surface area contributed by atoms with Gasteiger partial charge in [-0.15, -0.1) is 0 Å². The van der Waals surface area contributed by atoms with Gasteiger partial charge in [0.15, 0.2) is 0 Å². The van der Waals surface area contributed by atoms with Crippen molar-refractivity contribution in [2.24, 2.45) is 5.41 Å². The molecule has 0 saturated carbocycles. The van der Waals surface area contributed by atoms with Crippen LogP contribution in [0.5, 0.6) is 0 Å². The van der Waals surface area contributed by atoms with Gasteiger partial charge >= 0.3 is 11.9 Å². The summed E-state index contributed by atoms with van der Waals surface area (Å²) < 4.78 is 38.9. The van der Waals surface area contributed by atoms with Crippen molar-refractivity contribution < 1.29 is 36.5 Å². The van der Waals surface area contributed by atoms with Crippen LogP contribution in [0.4, 0.5) is 0 Å². The van der Waals surface area contributed by atoms with Crippen molar-refractivity contribution in [3.63, 3.8) is 0 Å². The molecule has 0 unspecified atom stereocenters. The van der Waals surface area contributed by atoms with Crippen molar-refractivity contribution in [3.05, 3.63) is 0 Å². The zero-order chi connectivity index (χ0) is 19.5. The van der Waals surface area contributed by atoms with Crippen molar-refractivity contribution in [3.8, 4) is 0 Å². The maximum atomic E-state index is 12.1. The lowest BCUT2D eigenvalue weighted by Gasteiger charge is -2.39. The molecule has 0 spiro atoms. The molecule has 9 nitrogen and oxygen atoms in total. The number of esters is 2. The Morgan fingerprint density at radius 2 is 1.92 bits per heavy atom. The van der Waals surface area contributed by atoms with Gasteiger partial charge in [0.25, 0.3) is 10.1 Å². The predicted molar refractivity (Wildman–Crippen MR) is 86.9 cm³/mol. The highest BCUT2D eigenvalue weighted by Crippen LogP contribution is 2.32. The van der Waals surface area contributed by atoms with Gasteiger partial charge in [0.05, 0.1) is 12.4 Å². The quantitative estimate of drug-likeness (QED) is 0.358. The van der Waals surface area contributed by atoms with E-state index in [-0.39, 0.29) is 31.2 Å². The smallest absolute Gasteiger partial charge is 0.350 e. The molecule has 25 heavy (non-hydrogen) atoms. The van der Waals surface area contributed by atoms with Crippen molar-refractivity contribution in [1.82, 2.24) is 5.32 Å². The molecule has 0 aliphatic carbocycles. The molecule has 0 radical (unpaired) electrons. The Morgan fingerprint density at radius 3 is 2.48 bits per heavy atom. The van der Waals surface area contributed by atoms with Crippen LogP contribution in [0.25, 0.3) is 0 Å². The lowest BCUT2D eigenvalue weighted by Crippen LogP contribution is -2.55. The van der Waals surface area contributed by atoms with E-state index in [1.807, 2.05) is 0 Å². The van der Waals surface area contributed by atoms with E-state index in [9.17, 15) is 22.8 Å². The maximum absolute atomic E-state index is 12.1. The van der Waals surface area contributed by atoms with Gasteiger partial charge in [0.2, 0.25) is 17.6 Å². The number of hydrogen-bond acceptors (Lipinski definition) is 8. The molecule has 144 valence electrons. The minimum absolute atomic E-state index is 0.191. The first-order valence-corrected chi connectivity index (χ1v) is 9.40. The van der Waals surface area contributed by atoms with Gasteiger partial charge in [0, 0.05) is 18.9 Å². The maximum Gasteiger partial charge on any atom is 0.350 e. The first-order valence-electron chi connectivity index (χ1n) is 7.82. The van der Waals surface area contributed by atoms with E-state index in [0.717, 1.165) is 0 Å². The standard InChI is InChI=1S/C15H25NO8S/c1-10(17)16-7-6-8-25(20,21)22-9-14(2,3)11-12(18)24-15(4,5)13(19)23-11/h11H,6-9H2,1-5H3,(H,16,17)/t11-/m0/s1. The number of rotatable bonds is 8. The molecule has 1 heterocycles. The molecule has 1 amide bonds. The highest BCUT2D eigenvalue weighted by molar-refractivity contribution is 7.86. The van der Waals surface area contributed by atoms with Crippen LogP contribution in [0.3, 0.4) is 0 Å². The van der Waals surface area contributed by atoms with Gasteiger partial charge in [-0.25, -0.2) is 9.59 Å². The summed E-state index contributed by atoms with van der Waals surface area (Å²) in [5.74, 6) is -1.99. The van der Waals surface area contributed by atoms with E-state index in [2.05, 4.69) is 5.32 Å². The third kappa shape index (κ3) is 6.28. The molecule has 10 heteroatoms. The molecule has 1 aliphatic rings. The van der Waals surface area contributed by atoms with Crippen LogP contribution in [-0.4, -0.2) is 56.9 Å². The Balaban J connectivity index is 2.61.